The quantitative estimate of drug-likeness (QED) is 0.190. The standard InChI is InChI=1S/C34H39ClN2O6/c1-4-6-7-13-21-42-32(41)28-27-30(39)37(26(22-38)23-14-9-8-10-15-23)29(34(27)19-18-33(28,3)43-34)31(40)36(20-5-2)25-17-12-11-16-24(25)35/h4-5,8-12,14-17,26-29,38H,1-2,6-7,13,18-22H2,3H3/t26-,27+,28+,29?,33-,34?/m1/s1. The summed E-state index contributed by atoms with van der Waals surface area (Å²) in [6.07, 6.45) is 6.62. The molecule has 3 aliphatic heterocycles. The zero-order chi connectivity index (χ0) is 30.8. The summed E-state index contributed by atoms with van der Waals surface area (Å²) in [7, 11) is 0. The van der Waals surface area contributed by atoms with Crippen LogP contribution in [0.2, 0.25) is 5.02 Å². The van der Waals surface area contributed by atoms with Crippen molar-refractivity contribution in [3.8, 4) is 0 Å². The van der Waals surface area contributed by atoms with E-state index in [-0.39, 0.29) is 13.2 Å². The van der Waals surface area contributed by atoms with E-state index in [2.05, 4.69) is 13.2 Å². The largest absolute Gasteiger partial charge is 0.465 e. The van der Waals surface area contributed by atoms with Crippen molar-refractivity contribution in [1.29, 1.82) is 0 Å². The lowest BCUT2D eigenvalue weighted by atomic mass is 9.66. The summed E-state index contributed by atoms with van der Waals surface area (Å²) in [5.74, 6) is -3.16. The van der Waals surface area contributed by atoms with Crippen LogP contribution in [0.5, 0.6) is 0 Å². The van der Waals surface area contributed by atoms with Gasteiger partial charge < -0.3 is 24.4 Å². The van der Waals surface area contributed by atoms with Crippen LogP contribution in [-0.4, -0.2) is 64.8 Å². The lowest BCUT2D eigenvalue weighted by molar-refractivity contribution is -0.160. The first-order valence-electron chi connectivity index (χ1n) is 14.9. The van der Waals surface area contributed by atoms with Gasteiger partial charge in [-0.1, -0.05) is 66.2 Å². The number of para-hydroxylation sites is 1. The molecule has 2 aromatic carbocycles. The van der Waals surface area contributed by atoms with Gasteiger partial charge in [-0.15, -0.1) is 13.2 Å². The maximum absolute atomic E-state index is 14.8. The molecule has 0 aliphatic carbocycles. The number of hydrogen-bond acceptors (Lipinski definition) is 6. The van der Waals surface area contributed by atoms with Crippen molar-refractivity contribution >= 4 is 35.1 Å². The monoisotopic (exact) mass is 606 g/mol. The number of nitrogens with zero attached hydrogens (tertiary/aromatic N) is 2. The van der Waals surface area contributed by atoms with Crippen LogP contribution < -0.4 is 4.90 Å². The van der Waals surface area contributed by atoms with E-state index in [9.17, 15) is 19.5 Å². The molecule has 228 valence electrons. The molecule has 2 bridgehead atoms. The van der Waals surface area contributed by atoms with Gasteiger partial charge in [0.05, 0.1) is 41.5 Å². The first-order chi connectivity index (χ1) is 20.7. The second kappa shape index (κ2) is 12.6. The topological polar surface area (TPSA) is 96.4 Å². The Labute approximate surface area is 257 Å². The van der Waals surface area contributed by atoms with Gasteiger partial charge in [0.1, 0.15) is 17.6 Å². The Morgan fingerprint density at radius 1 is 1.14 bits per heavy atom. The van der Waals surface area contributed by atoms with Crippen LogP contribution in [0.4, 0.5) is 5.69 Å². The minimum Gasteiger partial charge on any atom is -0.465 e. The second-order valence-corrected chi connectivity index (χ2v) is 12.1. The zero-order valence-corrected chi connectivity index (χ0v) is 25.2. The zero-order valence-electron chi connectivity index (χ0n) is 24.5. The molecule has 3 heterocycles. The molecule has 0 aromatic heterocycles. The van der Waals surface area contributed by atoms with Crippen LogP contribution in [0.25, 0.3) is 0 Å². The van der Waals surface area contributed by atoms with E-state index in [0.29, 0.717) is 35.5 Å². The number of rotatable bonds is 13. The number of anilines is 1. The summed E-state index contributed by atoms with van der Waals surface area (Å²) >= 11 is 6.56. The summed E-state index contributed by atoms with van der Waals surface area (Å²) in [6, 6.07) is 14.1. The van der Waals surface area contributed by atoms with Crippen LogP contribution in [0, 0.1) is 11.8 Å². The number of hydrogen-bond donors (Lipinski definition) is 1. The van der Waals surface area contributed by atoms with Crippen LogP contribution in [0.1, 0.15) is 50.6 Å². The average molecular weight is 607 g/mol. The minimum absolute atomic E-state index is 0.129. The molecule has 0 saturated carbocycles. The molecule has 3 saturated heterocycles. The van der Waals surface area contributed by atoms with Crippen LogP contribution in [0.15, 0.2) is 79.9 Å². The van der Waals surface area contributed by atoms with Crippen molar-refractivity contribution in [1.82, 2.24) is 4.90 Å². The Bertz CT molecular complexity index is 1380. The van der Waals surface area contributed by atoms with E-state index in [1.54, 1.807) is 30.3 Å². The number of aliphatic hydroxyl groups excluding tert-OH is 1. The molecule has 0 radical (unpaired) electrons. The molecule has 5 rings (SSSR count). The summed E-state index contributed by atoms with van der Waals surface area (Å²) in [4.78, 5) is 46.1. The summed E-state index contributed by atoms with van der Waals surface area (Å²) in [5.41, 5.74) is -1.13. The fraction of sp³-hybridized carbons (Fsp3) is 0.441. The predicted molar refractivity (Wildman–Crippen MR) is 164 cm³/mol. The lowest BCUT2D eigenvalue weighted by Crippen LogP contribution is -2.57. The average Bonchev–Trinajstić information content (AvgIpc) is 3.58. The summed E-state index contributed by atoms with van der Waals surface area (Å²) in [6.45, 7) is 9.34. The van der Waals surface area contributed by atoms with Gasteiger partial charge in [-0.05, 0) is 56.7 Å². The van der Waals surface area contributed by atoms with Gasteiger partial charge in [-0.25, -0.2) is 0 Å². The van der Waals surface area contributed by atoms with E-state index >= 15 is 0 Å². The van der Waals surface area contributed by atoms with Crippen molar-refractivity contribution in [3.05, 3.63) is 90.5 Å². The van der Waals surface area contributed by atoms with E-state index in [1.807, 2.05) is 43.3 Å². The van der Waals surface area contributed by atoms with Crippen LogP contribution in [-0.2, 0) is 23.9 Å². The van der Waals surface area contributed by atoms with Gasteiger partial charge in [0.15, 0.2) is 0 Å². The van der Waals surface area contributed by atoms with Gasteiger partial charge in [-0.2, -0.15) is 0 Å². The number of benzene rings is 2. The highest BCUT2D eigenvalue weighted by Gasteiger charge is 2.79. The van der Waals surface area contributed by atoms with Gasteiger partial charge in [-0.3, -0.25) is 14.4 Å². The number of esters is 1. The maximum atomic E-state index is 14.8. The smallest absolute Gasteiger partial charge is 0.312 e. The van der Waals surface area contributed by atoms with E-state index in [4.69, 9.17) is 21.1 Å². The molecular formula is C34H39ClN2O6. The highest BCUT2D eigenvalue weighted by atomic mass is 35.5. The molecule has 1 spiro atoms. The Kier molecular flexibility index (Phi) is 9.11. The molecule has 6 atom stereocenters. The predicted octanol–water partition coefficient (Wildman–Crippen LogP) is 5.26. The SMILES string of the molecule is C=CCCCCOC(=O)[C@@H]1[C@H]2C(=O)N([C@H](CO)c3ccccc3)C(C(=O)N(CC=C)c3ccccc3Cl)C23CC[C@@]1(C)O3. The third kappa shape index (κ3) is 5.30. The van der Waals surface area contributed by atoms with Gasteiger partial charge in [0.2, 0.25) is 5.91 Å². The van der Waals surface area contributed by atoms with Gasteiger partial charge >= 0.3 is 5.97 Å². The number of aliphatic hydroxyl groups is 1. The minimum atomic E-state index is -1.29. The third-order valence-corrected chi connectivity index (χ3v) is 9.48. The first kappa shape index (κ1) is 31.0. The van der Waals surface area contributed by atoms with Crippen molar-refractivity contribution in [3.63, 3.8) is 0 Å². The molecule has 43 heavy (non-hydrogen) atoms. The Balaban J connectivity index is 1.59. The number of fused-ring (bicyclic) bond motifs is 1. The molecule has 9 heteroatoms. The highest BCUT2D eigenvalue weighted by Crippen LogP contribution is 2.64. The normalized spacial score (nSPS) is 27.9. The number of ether oxygens (including phenoxy) is 2. The number of halogens is 1. The van der Waals surface area contributed by atoms with Crippen molar-refractivity contribution < 1.29 is 29.0 Å². The van der Waals surface area contributed by atoms with E-state index in [1.165, 1.54) is 9.80 Å². The molecule has 2 unspecified atom stereocenters. The lowest BCUT2D eigenvalue weighted by Gasteiger charge is -2.39. The Morgan fingerprint density at radius 3 is 2.53 bits per heavy atom. The van der Waals surface area contributed by atoms with E-state index < -0.39 is 59.5 Å². The number of allylic oxidation sites excluding steroid dienone is 1. The number of carbonyl (C=O) groups is 3. The molecule has 8 nitrogen and oxygen atoms in total. The molecule has 1 N–H and O–H groups in total. The van der Waals surface area contributed by atoms with Crippen molar-refractivity contribution in [2.24, 2.45) is 11.8 Å². The van der Waals surface area contributed by atoms with Crippen LogP contribution >= 0.6 is 11.6 Å². The van der Waals surface area contributed by atoms with Crippen molar-refractivity contribution in [2.45, 2.75) is 62.3 Å². The number of likely N-dealkylation sites (tertiary alicyclic amines) is 1. The van der Waals surface area contributed by atoms with Crippen molar-refractivity contribution in [2.75, 3.05) is 24.7 Å². The fourth-order valence-corrected chi connectivity index (χ4v) is 7.51. The van der Waals surface area contributed by atoms with Gasteiger partial charge in [0.25, 0.3) is 5.91 Å². The fourth-order valence-electron chi connectivity index (χ4n) is 7.27. The summed E-state index contributed by atoms with van der Waals surface area (Å²) in [5, 5.41) is 11.1. The first-order valence-corrected chi connectivity index (χ1v) is 15.2. The molecule has 2 aromatic rings. The van der Waals surface area contributed by atoms with Gasteiger partial charge in [0, 0.05) is 6.54 Å². The van der Waals surface area contributed by atoms with E-state index in [0.717, 1.165) is 12.8 Å². The van der Waals surface area contributed by atoms with Crippen LogP contribution in [0.3, 0.4) is 0 Å². The summed E-state index contributed by atoms with van der Waals surface area (Å²) < 4.78 is 12.5. The molecular weight excluding hydrogens is 568 g/mol. The molecule has 2 amide bonds. The molecule has 3 fully saturated rings. The third-order valence-electron chi connectivity index (χ3n) is 9.16. The maximum Gasteiger partial charge on any atom is 0.312 e. The second-order valence-electron chi connectivity index (χ2n) is 11.7. The Hall–Kier alpha value is -3.46. The number of unbranched alkanes of at least 4 members (excludes halogenated alkanes) is 2. The highest BCUT2D eigenvalue weighted by molar-refractivity contribution is 6.34. The number of amides is 2. The Morgan fingerprint density at radius 2 is 1.86 bits per heavy atom. The molecule has 3 aliphatic rings. The number of carbonyl (C=O) groups excluding carboxylic acids is 3.